The van der Waals surface area contributed by atoms with Crippen LogP contribution in [0.4, 0.5) is 0 Å². The molecule has 178 valence electrons. The molecule has 2 N–H and O–H groups in total. The van der Waals surface area contributed by atoms with E-state index >= 15 is 0 Å². The Labute approximate surface area is 188 Å². The van der Waals surface area contributed by atoms with Crippen molar-refractivity contribution in [3.05, 3.63) is 34.9 Å². The monoisotopic (exact) mass is 450 g/mol. The summed E-state index contributed by atoms with van der Waals surface area (Å²) in [5, 5.41) is 19.6. The second kappa shape index (κ2) is 12.0. The molecule has 0 amide bonds. The van der Waals surface area contributed by atoms with Crippen molar-refractivity contribution >= 4 is 17.9 Å². The summed E-state index contributed by atoms with van der Waals surface area (Å²) in [4.78, 5) is 35.1. The van der Waals surface area contributed by atoms with Crippen molar-refractivity contribution < 1.29 is 38.8 Å². The van der Waals surface area contributed by atoms with Crippen molar-refractivity contribution in [1.29, 1.82) is 0 Å². The molecule has 0 aromatic heterocycles. The minimum Gasteiger partial charge on any atom is -0.481 e. The van der Waals surface area contributed by atoms with E-state index in [4.69, 9.17) is 19.3 Å². The van der Waals surface area contributed by atoms with E-state index in [1.165, 1.54) is 18.6 Å². The van der Waals surface area contributed by atoms with Crippen LogP contribution >= 0.6 is 0 Å². The average Bonchev–Trinajstić information content (AvgIpc) is 3.06. The molecule has 2 bridgehead atoms. The Morgan fingerprint density at radius 1 is 1.28 bits per heavy atom. The van der Waals surface area contributed by atoms with Crippen molar-refractivity contribution in [1.82, 2.24) is 0 Å². The first-order valence-corrected chi connectivity index (χ1v) is 11.0. The third kappa shape index (κ3) is 8.24. The van der Waals surface area contributed by atoms with Gasteiger partial charge in [-0.1, -0.05) is 29.4 Å². The number of esters is 2. The average molecular weight is 451 g/mol. The van der Waals surface area contributed by atoms with E-state index in [9.17, 15) is 19.5 Å². The Kier molecular flexibility index (Phi) is 9.65. The molecule has 0 saturated carbocycles. The number of aliphatic hydroxyl groups excluding tert-OH is 1. The van der Waals surface area contributed by atoms with Gasteiger partial charge in [0.15, 0.2) is 0 Å². The van der Waals surface area contributed by atoms with Gasteiger partial charge in [0.25, 0.3) is 0 Å². The van der Waals surface area contributed by atoms with Crippen LogP contribution in [0.2, 0.25) is 0 Å². The minimum absolute atomic E-state index is 0.136. The molecule has 0 aromatic carbocycles. The first-order chi connectivity index (χ1) is 15.0. The topological polar surface area (TPSA) is 119 Å². The molecule has 2 aliphatic rings. The van der Waals surface area contributed by atoms with Gasteiger partial charge in [0.2, 0.25) is 0 Å². The van der Waals surface area contributed by atoms with Crippen LogP contribution in [0.5, 0.6) is 0 Å². The Morgan fingerprint density at radius 3 is 2.66 bits per heavy atom. The Hall–Kier alpha value is -2.45. The summed E-state index contributed by atoms with van der Waals surface area (Å²) in [5.41, 5.74) is 2.44. The number of aliphatic carboxylic acids is 1. The lowest BCUT2D eigenvalue weighted by Gasteiger charge is -2.24. The van der Waals surface area contributed by atoms with Crippen LogP contribution in [0.1, 0.15) is 66.2 Å². The Bertz CT molecular complexity index is 794. The number of hydrogen-bond donors (Lipinski definition) is 2. The van der Waals surface area contributed by atoms with Crippen LogP contribution in [-0.2, 0) is 28.6 Å². The standard InChI is InChI=1S/C24H34O8/c1-14-6-5-7-16(3)20(30-17(4)25)13-23(29)32-21-12-18(9-8-14)31-24(21)19(26)10-15(2)11-22(27)28/h6-7,10,18-21,24,26H,5,8-9,11-13H2,1-4H3,(H,27,28)/b14-6+,15-10+,16-7+/t18-,19+,20-,21?,24-/m0/s1. The third-order valence-electron chi connectivity index (χ3n) is 5.65. The predicted octanol–water partition coefficient (Wildman–Crippen LogP) is 3.24. The Morgan fingerprint density at radius 2 is 2.00 bits per heavy atom. The van der Waals surface area contributed by atoms with E-state index in [1.54, 1.807) is 6.92 Å². The first kappa shape index (κ1) is 25.8. The number of ether oxygens (including phenoxy) is 3. The lowest BCUT2D eigenvalue weighted by Crippen LogP contribution is -2.37. The van der Waals surface area contributed by atoms with E-state index in [0.717, 1.165) is 18.4 Å². The zero-order valence-electron chi connectivity index (χ0n) is 19.2. The molecule has 0 radical (unpaired) electrons. The summed E-state index contributed by atoms with van der Waals surface area (Å²) in [6, 6.07) is 0. The van der Waals surface area contributed by atoms with Crippen LogP contribution < -0.4 is 0 Å². The van der Waals surface area contributed by atoms with Gasteiger partial charge in [0.1, 0.15) is 24.4 Å². The molecule has 8 nitrogen and oxygen atoms in total. The van der Waals surface area contributed by atoms with Gasteiger partial charge in [0, 0.05) is 13.3 Å². The molecule has 2 rings (SSSR count). The highest BCUT2D eigenvalue weighted by Crippen LogP contribution is 2.31. The molecule has 0 aromatic rings. The quantitative estimate of drug-likeness (QED) is 0.484. The van der Waals surface area contributed by atoms with Crippen molar-refractivity contribution in [3.8, 4) is 0 Å². The molecule has 5 atom stereocenters. The zero-order valence-corrected chi connectivity index (χ0v) is 19.2. The maximum atomic E-state index is 12.7. The van der Waals surface area contributed by atoms with Crippen molar-refractivity contribution in [2.24, 2.45) is 0 Å². The number of aliphatic hydroxyl groups is 1. The Balaban J connectivity index is 2.25. The molecular formula is C24H34O8. The summed E-state index contributed by atoms with van der Waals surface area (Å²) >= 11 is 0. The fraction of sp³-hybridized carbons (Fsp3) is 0.625. The van der Waals surface area contributed by atoms with Crippen molar-refractivity contribution in [2.75, 3.05) is 0 Å². The SMILES string of the molecule is CC(=O)O[C@H]1CC(=O)OC2C[C@H](CC/C(C)=C/C/C=C/1C)O[C@H]2[C@H](O)/C=C(\C)CC(=O)O. The summed E-state index contributed by atoms with van der Waals surface area (Å²) in [6.45, 7) is 6.76. The van der Waals surface area contributed by atoms with Crippen LogP contribution in [0, 0.1) is 0 Å². The minimum atomic E-state index is -1.12. The highest BCUT2D eigenvalue weighted by atomic mass is 16.6. The van der Waals surface area contributed by atoms with Crippen molar-refractivity contribution in [3.63, 3.8) is 0 Å². The highest BCUT2D eigenvalue weighted by molar-refractivity contribution is 5.72. The second-order valence-electron chi connectivity index (χ2n) is 8.64. The van der Waals surface area contributed by atoms with Gasteiger partial charge < -0.3 is 24.4 Å². The number of carboxylic acids is 1. The van der Waals surface area contributed by atoms with E-state index in [1.807, 2.05) is 19.9 Å². The van der Waals surface area contributed by atoms with E-state index < -0.39 is 42.3 Å². The lowest BCUT2D eigenvalue weighted by atomic mass is 10.00. The largest absolute Gasteiger partial charge is 0.481 e. The fourth-order valence-electron chi connectivity index (χ4n) is 3.98. The molecule has 0 aliphatic carbocycles. The number of rotatable bonds is 5. The molecule has 0 spiro atoms. The van der Waals surface area contributed by atoms with Gasteiger partial charge in [-0.25, -0.2) is 0 Å². The maximum Gasteiger partial charge on any atom is 0.310 e. The fourth-order valence-corrected chi connectivity index (χ4v) is 3.98. The molecule has 2 aliphatic heterocycles. The van der Waals surface area contributed by atoms with E-state index in [2.05, 4.69) is 6.08 Å². The van der Waals surface area contributed by atoms with E-state index in [-0.39, 0.29) is 18.9 Å². The van der Waals surface area contributed by atoms with Crippen LogP contribution in [-0.4, -0.2) is 58.6 Å². The molecule has 1 fully saturated rings. The summed E-state index contributed by atoms with van der Waals surface area (Å²) in [6.07, 6.45) is 4.21. The van der Waals surface area contributed by atoms with Gasteiger partial charge in [-0.3, -0.25) is 14.4 Å². The molecule has 8 heteroatoms. The van der Waals surface area contributed by atoms with Crippen LogP contribution in [0.3, 0.4) is 0 Å². The highest BCUT2D eigenvalue weighted by Gasteiger charge is 2.41. The summed E-state index contributed by atoms with van der Waals surface area (Å²) in [7, 11) is 0. The molecule has 32 heavy (non-hydrogen) atoms. The first-order valence-electron chi connectivity index (χ1n) is 11.0. The van der Waals surface area contributed by atoms with Crippen molar-refractivity contribution in [2.45, 2.75) is 96.7 Å². The maximum absolute atomic E-state index is 12.7. The lowest BCUT2D eigenvalue weighted by molar-refractivity contribution is -0.159. The molecule has 1 saturated heterocycles. The zero-order chi connectivity index (χ0) is 23.8. The van der Waals surface area contributed by atoms with Gasteiger partial charge in [0.05, 0.1) is 18.9 Å². The summed E-state index contributed by atoms with van der Waals surface area (Å²) in [5.74, 6) is -2.03. The van der Waals surface area contributed by atoms with Gasteiger partial charge >= 0.3 is 17.9 Å². The van der Waals surface area contributed by atoms with E-state index in [0.29, 0.717) is 18.4 Å². The molecule has 1 unspecified atom stereocenters. The van der Waals surface area contributed by atoms with Gasteiger partial charge in [-0.15, -0.1) is 0 Å². The second-order valence-corrected chi connectivity index (χ2v) is 8.64. The van der Waals surface area contributed by atoms with Gasteiger partial charge in [-0.2, -0.15) is 0 Å². The normalized spacial score (nSPS) is 31.9. The number of hydrogen-bond acceptors (Lipinski definition) is 7. The molecular weight excluding hydrogens is 416 g/mol. The number of carbonyl (C=O) groups excluding carboxylic acids is 2. The van der Waals surface area contributed by atoms with Crippen LogP contribution in [0.25, 0.3) is 0 Å². The van der Waals surface area contributed by atoms with Gasteiger partial charge in [-0.05, 0) is 45.6 Å². The number of fused-ring (bicyclic) bond motifs is 2. The third-order valence-corrected chi connectivity index (χ3v) is 5.65. The smallest absolute Gasteiger partial charge is 0.310 e. The predicted molar refractivity (Wildman–Crippen MR) is 117 cm³/mol. The number of carboxylic acid groups (broad SMARTS) is 1. The summed E-state index contributed by atoms with van der Waals surface area (Å²) < 4.78 is 17.0. The van der Waals surface area contributed by atoms with Crippen LogP contribution in [0.15, 0.2) is 34.9 Å². The number of allylic oxidation sites excluding steroid dienone is 3. The molecule has 2 heterocycles. The number of carbonyl (C=O) groups is 3.